The standard InChI is InChI=1S/C17H21NO3/c1-12-7-3-2-6-10-18(12)11-14-13-8-4-5-9-15(13)21-16(14)17(19)20/h4-5,8-9,12H,2-3,6-7,10-11H2,1H3,(H,19,20). The van der Waals surface area contributed by atoms with Gasteiger partial charge in [-0.05, 0) is 32.4 Å². The molecule has 4 nitrogen and oxygen atoms in total. The van der Waals surface area contributed by atoms with Crippen molar-refractivity contribution in [1.29, 1.82) is 0 Å². The number of fused-ring (bicyclic) bond motifs is 1. The van der Waals surface area contributed by atoms with Crippen LogP contribution in [-0.4, -0.2) is 28.6 Å². The van der Waals surface area contributed by atoms with Gasteiger partial charge in [0.25, 0.3) is 0 Å². The first-order valence-corrected chi connectivity index (χ1v) is 7.64. The molecule has 1 fully saturated rings. The van der Waals surface area contributed by atoms with Crippen molar-refractivity contribution in [3.63, 3.8) is 0 Å². The molecule has 1 aliphatic rings. The summed E-state index contributed by atoms with van der Waals surface area (Å²) >= 11 is 0. The molecule has 4 heteroatoms. The predicted molar refractivity (Wildman–Crippen MR) is 81.5 cm³/mol. The summed E-state index contributed by atoms with van der Waals surface area (Å²) in [6.45, 7) is 3.91. The maximum atomic E-state index is 11.5. The molecule has 112 valence electrons. The van der Waals surface area contributed by atoms with Crippen LogP contribution in [0.5, 0.6) is 0 Å². The zero-order valence-corrected chi connectivity index (χ0v) is 12.3. The highest BCUT2D eigenvalue weighted by molar-refractivity contribution is 5.95. The summed E-state index contributed by atoms with van der Waals surface area (Å²) in [5.41, 5.74) is 1.47. The molecule has 0 amide bonds. The molecular formula is C17H21NO3. The van der Waals surface area contributed by atoms with Gasteiger partial charge >= 0.3 is 5.97 Å². The third-order valence-electron chi connectivity index (χ3n) is 4.44. The van der Waals surface area contributed by atoms with Gasteiger partial charge in [0.2, 0.25) is 5.76 Å². The lowest BCUT2D eigenvalue weighted by Gasteiger charge is -2.26. The monoisotopic (exact) mass is 287 g/mol. The summed E-state index contributed by atoms with van der Waals surface area (Å²) in [4.78, 5) is 13.9. The van der Waals surface area contributed by atoms with Crippen LogP contribution in [0.1, 0.15) is 48.7 Å². The normalized spacial score (nSPS) is 20.5. The van der Waals surface area contributed by atoms with Crippen molar-refractivity contribution in [2.75, 3.05) is 6.54 Å². The lowest BCUT2D eigenvalue weighted by Crippen LogP contribution is -2.32. The summed E-state index contributed by atoms with van der Waals surface area (Å²) in [7, 11) is 0. The van der Waals surface area contributed by atoms with E-state index >= 15 is 0 Å². The molecule has 0 spiro atoms. The highest BCUT2D eigenvalue weighted by Gasteiger charge is 2.24. The van der Waals surface area contributed by atoms with Gasteiger partial charge in [-0.15, -0.1) is 0 Å². The number of likely N-dealkylation sites (tertiary alicyclic amines) is 1. The van der Waals surface area contributed by atoms with E-state index in [1.807, 2.05) is 24.3 Å². The number of carboxylic acids is 1. The van der Waals surface area contributed by atoms with Gasteiger partial charge in [-0.25, -0.2) is 4.79 Å². The van der Waals surface area contributed by atoms with E-state index in [2.05, 4.69) is 11.8 Å². The molecule has 0 aliphatic carbocycles. The van der Waals surface area contributed by atoms with Crippen molar-refractivity contribution in [3.8, 4) is 0 Å². The molecule has 1 aromatic carbocycles. The van der Waals surface area contributed by atoms with Gasteiger partial charge in [-0.3, -0.25) is 4.90 Å². The molecular weight excluding hydrogens is 266 g/mol. The van der Waals surface area contributed by atoms with Crippen LogP contribution in [0.3, 0.4) is 0 Å². The minimum atomic E-state index is -0.983. The van der Waals surface area contributed by atoms with Crippen molar-refractivity contribution in [2.24, 2.45) is 0 Å². The molecule has 2 aromatic rings. The second-order valence-corrected chi connectivity index (χ2v) is 5.88. The second kappa shape index (κ2) is 5.90. The summed E-state index contributed by atoms with van der Waals surface area (Å²) in [5, 5.41) is 10.3. The van der Waals surface area contributed by atoms with E-state index in [1.54, 1.807) is 0 Å². The van der Waals surface area contributed by atoms with Gasteiger partial charge in [0.15, 0.2) is 0 Å². The van der Waals surface area contributed by atoms with E-state index in [4.69, 9.17) is 4.42 Å². The van der Waals surface area contributed by atoms with Crippen LogP contribution >= 0.6 is 0 Å². The number of carbonyl (C=O) groups is 1. The molecule has 3 rings (SSSR count). The fourth-order valence-electron chi connectivity index (χ4n) is 3.20. The van der Waals surface area contributed by atoms with Crippen molar-refractivity contribution < 1.29 is 14.3 Å². The zero-order chi connectivity index (χ0) is 14.8. The molecule has 1 aliphatic heterocycles. The molecule has 1 atom stereocenters. The summed E-state index contributed by atoms with van der Waals surface area (Å²) in [6.07, 6.45) is 4.88. The average Bonchev–Trinajstić information content (AvgIpc) is 2.72. The molecule has 1 unspecified atom stereocenters. The Balaban J connectivity index is 1.98. The first-order chi connectivity index (χ1) is 10.2. The average molecular weight is 287 g/mol. The van der Waals surface area contributed by atoms with Crippen LogP contribution < -0.4 is 0 Å². The highest BCUT2D eigenvalue weighted by atomic mass is 16.4. The number of rotatable bonds is 3. The lowest BCUT2D eigenvalue weighted by molar-refractivity contribution is 0.0660. The first-order valence-electron chi connectivity index (χ1n) is 7.64. The molecule has 21 heavy (non-hydrogen) atoms. The Morgan fingerprint density at radius 1 is 1.33 bits per heavy atom. The predicted octanol–water partition coefficient (Wildman–Crippen LogP) is 3.90. The van der Waals surface area contributed by atoms with E-state index in [0.29, 0.717) is 18.2 Å². The van der Waals surface area contributed by atoms with Crippen molar-refractivity contribution in [2.45, 2.75) is 45.2 Å². The number of hydrogen-bond acceptors (Lipinski definition) is 3. The highest BCUT2D eigenvalue weighted by Crippen LogP contribution is 2.29. The number of carboxylic acid groups (broad SMARTS) is 1. The Bertz CT molecular complexity index is 647. The van der Waals surface area contributed by atoms with Crippen LogP contribution in [0.2, 0.25) is 0 Å². The topological polar surface area (TPSA) is 53.7 Å². The van der Waals surface area contributed by atoms with Crippen molar-refractivity contribution >= 4 is 16.9 Å². The van der Waals surface area contributed by atoms with Gasteiger partial charge in [0.1, 0.15) is 5.58 Å². The third kappa shape index (κ3) is 2.81. The van der Waals surface area contributed by atoms with E-state index in [-0.39, 0.29) is 5.76 Å². The quantitative estimate of drug-likeness (QED) is 0.930. The number of aromatic carboxylic acids is 1. The Hall–Kier alpha value is -1.81. The van der Waals surface area contributed by atoms with Crippen LogP contribution in [0, 0.1) is 0 Å². The Morgan fingerprint density at radius 3 is 2.95 bits per heavy atom. The molecule has 1 aromatic heterocycles. The van der Waals surface area contributed by atoms with E-state index in [9.17, 15) is 9.90 Å². The lowest BCUT2D eigenvalue weighted by atomic mass is 10.1. The third-order valence-corrected chi connectivity index (χ3v) is 4.44. The van der Waals surface area contributed by atoms with Gasteiger partial charge in [-0.2, -0.15) is 0 Å². The van der Waals surface area contributed by atoms with Gasteiger partial charge in [0.05, 0.1) is 0 Å². The fourth-order valence-corrected chi connectivity index (χ4v) is 3.20. The van der Waals surface area contributed by atoms with Crippen LogP contribution in [0.15, 0.2) is 28.7 Å². The van der Waals surface area contributed by atoms with Crippen molar-refractivity contribution in [1.82, 2.24) is 4.90 Å². The number of benzene rings is 1. The summed E-state index contributed by atoms with van der Waals surface area (Å²) < 4.78 is 5.54. The van der Waals surface area contributed by atoms with Crippen LogP contribution in [0.4, 0.5) is 0 Å². The van der Waals surface area contributed by atoms with Gasteiger partial charge in [-0.1, -0.05) is 31.0 Å². The molecule has 2 heterocycles. The minimum Gasteiger partial charge on any atom is -0.475 e. The van der Waals surface area contributed by atoms with E-state index < -0.39 is 5.97 Å². The van der Waals surface area contributed by atoms with Gasteiger partial charge in [0, 0.05) is 23.5 Å². The Morgan fingerprint density at radius 2 is 2.14 bits per heavy atom. The number of hydrogen-bond donors (Lipinski definition) is 1. The first kappa shape index (κ1) is 14.1. The molecule has 0 bridgehead atoms. The van der Waals surface area contributed by atoms with Crippen LogP contribution in [-0.2, 0) is 6.54 Å². The van der Waals surface area contributed by atoms with E-state index in [1.165, 1.54) is 25.7 Å². The molecule has 0 radical (unpaired) electrons. The number of para-hydroxylation sites is 1. The second-order valence-electron chi connectivity index (χ2n) is 5.88. The smallest absolute Gasteiger partial charge is 0.372 e. The minimum absolute atomic E-state index is 0.0904. The van der Waals surface area contributed by atoms with Crippen molar-refractivity contribution in [3.05, 3.63) is 35.6 Å². The molecule has 1 saturated heterocycles. The largest absolute Gasteiger partial charge is 0.475 e. The van der Waals surface area contributed by atoms with Gasteiger partial charge < -0.3 is 9.52 Å². The van der Waals surface area contributed by atoms with Crippen LogP contribution in [0.25, 0.3) is 11.0 Å². The summed E-state index contributed by atoms with van der Waals surface area (Å²) in [5.74, 6) is -0.892. The summed E-state index contributed by atoms with van der Waals surface area (Å²) in [6, 6.07) is 8.07. The number of furan rings is 1. The molecule has 1 N–H and O–H groups in total. The Labute approximate surface area is 124 Å². The Kier molecular flexibility index (Phi) is 3.97. The molecule has 0 saturated carbocycles. The van der Waals surface area contributed by atoms with E-state index in [0.717, 1.165) is 17.5 Å². The maximum absolute atomic E-state index is 11.5. The zero-order valence-electron chi connectivity index (χ0n) is 12.3. The fraction of sp³-hybridized carbons (Fsp3) is 0.471. The SMILES string of the molecule is CC1CCCCCN1Cc1c(C(=O)O)oc2ccccc12. The number of nitrogens with zero attached hydrogens (tertiary/aromatic N) is 1. The maximum Gasteiger partial charge on any atom is 0.372 e.